The molecule has 1 aromatic carbocycles. The zero-order valence-electron chi connectivity index (χ0n) is 11.7. The van der Waals surface area contributed by atoms with Gasteiger partial charge in [0, 0.05) is 31.3 Å². The van der Waals surface area contributed by atoms with Crippen LogP contribution in [0.5, 0.6) is 0 Å². The quantitative estimate of drug-likeness (QED) is 0.900. The van der Waals surface area contributed by atoms with Crippen molar-refractivity contribution in [2.24, 2.45) is 11.7 Å². The van der Waals surface area contributed by atoms with Gasteiger partial charge in [0.15, 0.2) is 0 Å². The maximum absolute atomic E-state index is 12.4. The Morgan fingerprint density at radius 1 is 1.30 bits per heavy atom. The Morgan fingerprint density at radius 2 is 1.95 bits per heavy atom. The molecular weight excluding hydrogens is 256 g/mol. The van der Waals surface area contributed by atoms with Gasteiger partial charge in [0.05, 0.1) is 6.61 Å². The Bertz CT molecular complexity index is 482. The Hall–Kier alpha value is -1.88. The van der Waals surface area contributed by atoms with E-state index < -0.39 is 5.91 Å². The molecule has 1 aromatic rings. The lowest BCUT2D eigenvalue weighted by Crippen LogP contribution is -2.41. The van der Waals surface area contributed by atoms with Gasteiger partial charge in [0.2, 0.25) is 5.91 Å². The first-order chi connectivity index (χ1) is 9.61. The van der Waals surface area contributed by atoms with E-state index in [1.807, 2.05) is 4.90 Å². The minimum Gasteiger partial charge on any atom is -0.384 e. The molecule has 1 heterocycles. The number of carbonyl (C=O) groups excluding carboxylic acids is 2. The van der Waals surface area contributed by atoms with Crippen molar-refractivity contribution < 1.29 is 14.3 Å². The van der Waals surface area contributed by atoms with Crippen molar-refractivity contribution in [2.45, 2.75) is 12.8 Å². The summed E-state index contributed by atoms with van der Waals surface area (Å²) in [5, 5.41) is 0. The van der Waals surface area contributed by atoms with E-state index in [-0.39, 0.29) is 5.91 Å². The molecule has 1 aliphatic rings. The number of methoxy groups -OCH3 is 1. The summed E-state index contributed by atoms with van der Waals surface area (Å²) in [6.07, 6.45) is 2.09. The number of piperidine rings is 1. The van der Waals surface area contributed by atoms with Crippen LogP contribution in [0.4, 0.5) is 0 Å². The van der Waals surface area contributed by atoms with Crippen molar-refractivity contribution in [3.8, 4) is 0 Å². The van der Waals surface area contributed by atoms with Crippen LogP contribution in [0.25, 0.3) is 0 Å². The fourth-order valence-electron chi connectivity index (χ4n) is 2.58. The van der Waals surface area contributed by atoms with E-state index in [1.165, 1.54) is 0 Å². The van der Waals surface area contributed by atoms with Gasteiger partial charge < -0.3 is 15.4 Å². The van der Waals surface area contributed by atoms with E-state index >= 15 is 0 Å². The molecule has 5 nitrogen and oxygen atoms in total. The number of hydrogen-bond acceptors (Lipinski definition) is 3. The molecule has 20 heavy (non-hydrogen) atoms. The van der Waals surface area contributed by atoms with E-state index in [1.54, 1.807) is 31.4 Å². The van der Waals surface area contributed by atoms with Crippen LogP contribution >= 0.6 is 0 Å². The molecule has 2 N–H and O–H groups in total. The van der Waals surface area contributed by atoms with Crippen LogP contribution in [0.3, 0.4) is 0 Å². The molecule has 0 aliphatic carbocycles. The number of hydrogen-bond donors (Lipinski definition) is 1. The number of likely N-dealkylation sites (tertiary alicyclic amines) is 1. The first-order valence-corrected chi connectivity index (χ1v) is 6.80. The lowest BCUT2D eigenvalue weighted by molar-refractivity contribution is 0.0570. The van der Waals surface area contributed by atoms with E-state index in [4.69, 9.17) is 10.5 Å². The summed E-state index contributed by atoms with van der Waals surface area (Å²) in [7, 11) is 1.68. The van der Waals surface area contributed by atoms with Crippen LogP contribution in [-0.4, -0.2) is 43.5 Å². The van der Waals surface area contributed by atoms with E-state index in [9.17, 15) is 9.59 Å². The fraction of sp³-hybridized carbons (Fsp3) is 0.467. The largest absolute Gasteiger partial charge is 0.384 e. The molecule has 0 spiro atoms. The van der Waals surface area contributed by atoms with E-state index in [0.717, 1.165) is 25.9 Å². The van der Waals surface area contributed by atoms with E-state index in [2.05, 4.69) is 0 Å². The molecule has 0 radical (unpaired) electrons. The second kappa shape index (κ2) is 6.52. The minimum atomic E-state index is -0.484. The normalized spacial score (nSPS) is 18.9. The standard InChI is InChI=1S/C15H20N2O3/c1-20-10-11-3-2-8-17(9-11)15(19)13-6-4-12(5-7-13)14(16)18/h4-7,11H,2-3,8-10H2,1H3,(H2,16,18). The van der Waals surface area contributed by atoms with Gasteiger partial charge in [-0.3, -0.25) is 9.59 Å². The van der Waals surface area contributed by atoms with Gasteiger partial charge in [-0.25, -0.2) is 0 Å². The number of amides is 2. The van der Waals surface area contributed by atoms with Gasteiger partial charge in [-0.1, -0.05) is 0 Å². The maximum atomic E-state index is 12.4. The van der Waals surface area contributed by atoms with Crippen LogP contribution in [0.15, 0.2) is 24.3 Å². The predicted molar refractivity (Wildman–Crippen MR) is 75.5 cm³/mol. The molecule has 2 amide bonds. The first-order valence-electron chi connectivity index (χ1n) is 6.80. The van der Waals surface area contributed by atoms with Crippen molar-refractivity contribution in [1.82, 2.24) is 4.90 Å². The number of ether oxygens (including phenoxy) is 1. The molecule has 1 fully saturated rings. The number of carbonyl (C=O) groups is 2. The van der Waals surface area contributed by atoms with Gasteiger partial charge in [0.25, 0.3) is 5.91 Å². The Kier molecular flexibility index (Phi) is 4.74. The third kappa shape index (κ3) is 3.36. The van der Waals surface area contributed by atoms with Crippen LogP contribution in [0.1, 0.15) is 33.6 Å². The molecule has 0 bridgehead atoms. The molecule has 0 saturated carbocycles. The molecule has 1 unspecified atom stereocenters. The molecule has 1 saturated heterocycles. The molecule has 1 aliphatic heterocycles. The summed E-state index contributed by atoms with van der Waals surface area (Å²) >= 11 is 0. The summed E-state index contributed by atoms with van der Waals surface area (Å²) < 4.78 is 5.17. The Morgan fingerprint density at radius 3 is 2.55 bits per heavy atom. The number of primary amides is 1. The Labute approximate surface area is 118 Å². The van der Waals surface area contributed by atoms with Gasteiger partial charge in [-0.05, 0) is 43.0 Å². The molecule has 5 heteroatoms. The summed E-state index contributed by atoms with van der Waals surface area (Å²) in [6.45, 7) is 2.19. The summed E-state index contributed by atoms with van der Waals surface area (Å²) in [6, 6.07) is 6.49. The Balaban J connectivity index is 2.04. The smallest absolute Gasteiger partial charge is 0.253 e. The fourth-order valence-corrected chi connectivity index (χ4v) is 2.58. The second-order valence-corrected chi connectivity index (χ2v) is 5.16. The van der Waals surface area contributed by atoms with Crippen LogP contribution in [-0.2, 0) is 4.74 Å². The van der Waals surface area contributed by atoms with Gasteiger partial charge >= 0.3 is 0 Å². The van der Waals surface area contributed by atoms with Gasteiger partial charge in [-0.2, -0.15) is 0 Å². The zero-order valence-corrected chi connectivity index (χ0v) is 11.7. The van der Waals surface area contributed by atoms with Gasteiger partial charge in [0.1, 0.15) is 0 Å². The van der Waals surface area contributed by atoms with Crippen LogP contribution < -0.4 is 5.73 Å². The number of nitrogens with zero attached hydrogens (tertiary/aromatic N) is 1. The number of nitrogens with two attached hydrogens (primary N) is 1. The van der Waals surface area contributed by atoms with Gasteiger partial charge in [-0.15, -0.1) is 0 Å². The van der Waals surface area contributed by atoms with Crippen LogP contribution in [0.2, 0.25) is 0 Å². The van der Waals surface area contributed by atoms with Crippen molar-refractivity contribution in [2.75, 3.05) is 26.8 Å². The van der Waals surface area contributed by atoms with Crippen molar-refractivity contribution in [3.63, 3.8) is 0 Å². The van der Waals surface area contributed by atoms with Crippen molar-refractivity contribution >= 4 is 11.8 Å². The number of benzene rings is 1. The zero-order chi connectivity index (χ0) is 14.5. The van der Waals surface area contributed by atoms with E-state index in [0.29, 0.717) is 23.7 Å². The average molecular weight is 276 g/mol. The summed E-state index contributed by atoms with van der Waals surface area (Å²) in [4.78, 5) is 25.3. The highest BCUT2D eigenvalue weighted by molar-refractivity contribution is 5.97. The second-order valence-electron chi connectivity index (χ2n) is 5.16. The first kappa shape index (κ1) is 14.5. The monoisotopic (exact) mass is 276 g/mol. The highest BCUT2D eigenvalue weighted by Crippen LogP contribution is 2.19. The summed E-state index contributed by atoms with van der Waals surface area (Å²) in [5.41, 5.74) is 6.19. The third-order valence-corrected chi connectivity index (χ3v) is 3.62. The van der Waals surface area contributed by atoms with Crippen LogP contribution in [0, 0.1) is 5.92 Å². The molecule has 0 aromatic heterocycles. The van der Waals surface area contributed by atoms with Crippen molar-refractivity contribution in [1.29, 1.82) is 0 Å². The third-order valence-electron chi connectivity index (χ3n) is 3.62. The molecule has 108 valence electrons. The average Bonchev–Trinajstić information content (AvgIpc) is 2.47. The lowest BCUT2D eigenvalue weighted by Gasteiger charge is -2.32. The lowest BCUT2D eigenvalue weighted by atomic mass is 9.98. The molecular formula is C15H20N2O3. The number of rotatable bonds is 4. The highest BCUT2D eigenvalue weighted by atomic mass is 16.5. The minimum absolute atomic E-state index is 0.00169. The topological polar surface area (TPSA) is 72.6 Å². The predicted octanol–water partition coefficient (Wildman–Crippen LogP) is 1.28. The summed E-state index contributed by atoms with van der Waals surface area (Å²) in [5.74, 6) is -0.0773. The van der Waals surface area contributed by atoms with Crippen molar-refractivity contribution in [3.05, 3.63) is 35.4 Å². The SMILES string of the molecule is COCC1CCCN(C(=O)c2ccc(C(N)=O)cc2)C1. The maximum Gasteiger partial charge on any atom is 0.253 e. The molecule has 1 atom stereocenters. The highest BCUT2D eigenvalue weighted by Gasteiger charge is 2.24. The molecule has 2 rings (SSSR count).